The number of primary sulfonamides is 1. The predicted octanol–water partition coefficient (Wildman–Crippen LogP) is 1.25. The summed E-state index contributed by atoms with van der Waals surface area (Å²) in [5.74, 6) is -1.41. The quantitative estimate of drug-likeness (QED) is 0.654. The maximum atomic E-state index is 12.0. The first kappa shape index (κ1) is 19.7. The normalized spacial score (nSPS) is 10.9. The van der Waals surface area contributed by atoms with Crippen molar-refractivity contribution in [2.45, 2.75) is 11.4 Å². The van der Waals surface area contributed by atoms with Gasteiger partial charge in [0.2, 0.25) is 10.0 Å². The van der Waals surface area contributed by atoms with Crippen molar-refractivity contribution >= 4 is 39.1 Å². The van der Waals surface area contributed by atoms with Crippen LogP contribution in [0, 0.1) is 0 Å². The van der Waals surface area contributed by atoms with Crippen LogP contribution in [0.2, 0.25) is 5.02 Å². The van der Waals surface area contributed by atoms with Gasteiger partial charge in [-0.05, 0) is 35.9 Å². The highest BCUT2D eigenvalue weighted by atomic mass is 35.5. The van der Waals surface area contributed by atoms with Crippen LogP contribution >= 0.6 is 11.6 Å². The standard InChI is InChI=1S/C16H16ClN3O5S/c1-25-14-7-4-11(17)8-13(14)20-16(22)15(21)19-9-10-2-5-12(6-3-10)26(18,23)24/h2-8H,9H2,1H3,(H,19,21)(H,20,22)(H2,18,23,24). The number of amides is 2. The molecule has 8 nitrogen and oxygen atoms in total. The van der Waals surface area contributed by atoms with E-state index in [1.165, 1.54) is 37.4 Å². The lowest BCUT2D eigenvalue weighted by Gasteiger charge is -2.10. The van der Waals surface area contributed by atoms with Gasteiger partial charge in [0, 0.05) is 11.6 Å². The fraction of sp³-hybridized carbons (Fsp3) is 0.125. The van der Waals surface area contributed by atoms with Crippen LogP contribution < -0.4 is 20.5 Å². The van der Waals surface area contributed by atoms with E-state index >= 15 is 0 Å². The summed E-state index contributed by atoms with van der Waals surface area (Å²) in [5.41, 5.74) is 0.858. The SMILES string of the molecule is COc1ccc(Cl)cc1NC(=O)C(=O)NCc1ccc(S(N)(=O)=O)cc1. The molecule has 2 amide bonds. The Morgan fingerprint density at radius 1 is 1.12 bits per heavy atom. The first-order valence-corrected chi connectivity index (χ1v) is 9.17. The van der Waals surface area contributed by atoms with E-state index in [0.29, 0.717) is 16.3 Å². The van der Waals surface area contributed by atoms with Gasteiger partial charge in [-0.1, -0.05) is 23.7 Å². The number of ether oxygens (including phenoxy) is 1. The number of nitrogens with one attached hydrogen (secondary N) is 2. The van der Waals surface area contributed by atoms with Gasteiger partial charge in [0.05, 0.1) is 17.7 Å². The zero-order valence-corrected chi connectivity index (χ0v) is 15.2. The molecule has 0 heterocycles. The Morgan fingerprint density at radius 2 is 1.77 bits per heavy atom. The highest BCUT2D eigenvalue weighted by Gasteiger charge is 2.16. The summed E-state index contributed by atoms with van der Waals surface area (Å²) in [5, 5.41) is 10.2. The lowest BCUT2D eigenvalue weighted by atomic mass is 10.2. The average molecular weight is 398 g/mol. The molecule has 0 radical (unpaired) electrons. The molecule has 10 heteroatoms. The van der Waals surface area contributed by atoms with Crippen LogP contribution in [-0.4, -0.2) is 27.3 Å². The number of hydrogen-bond acceptors (Lipinski definition) is 5. The number of sulfonamides is 1. The predicted molar refractivity (Wildman–Crippen MR) is 96.3 cm³/mol. The molecule has 0 aliphatic rings. The van der Waals surface area contributed by atoms with Crippen LogP contribution in [0.1, 0.15) is 5.56 Å². The average Bonchev–Trinajstić information content (AvgIpc) is 2.59. The Balaban J connectivity index is 1.97. The van der Waals surface area contributed by atoms with E-state index in [-0.39, 0.29) is 17.1 Å². The smallest absolute Gasteiger partial charge is 0.313 e. The summed E-state index contributed by atoms with van der Waals surface area (Å²) in [7, 11) is -2.36. The number of rotatable bonds is 5. The largest absolute Gasteiger partial charge is 0.495 e. The first-order valence-electron chi connectivity index (χ1n) is 7.25. The fourth-order valence-corrected chi connectivity index (χ4v) is 2.70. The van der Waals surface area contributed by atoms with E-state index in [9.17, 15) is 18.0 Å². The molecule has 0 saturated carbocycles. The van der Waals surface area contributed by atoms with E-state index in [1.807, 2.05) is 0 Å². The number of methoxy groups -OCH3 is 1. The number of nitrogens with two attached hydrogens (primary N) is 1. The molecule has 0 saturated heterocycles. The molecule has 0 fully saturated rings. The molecule has 0 atom stereocenters. The fourth-order valence-electron chi connectivity index (χ4n) is 2.02. The third-order valence-corrected chi connectivity index (χ3v) is 4.49. The molecule has 2 aromatic rings. The third-order valence-electron chi connectivity index (χ3n) is 3.32. The molecule has 0 bridgehead atoms. The number of hydrogen-bond donors (Lipinski definition) is 3. The van der Waals surface area contributed by atoms with Gasteiger partial charge < -0.3 is 15.4 Å². The minimum Gasteiger partial charge on any atom is -0.495 e. The highest BCUT2D eigenvalue weighted by molar-refractivity contribution is 7.89. The van der Waals surface area contributed by atoms with Gasteiger partial charge in [-0.3, -0.25) is 9.59 Å². The van der Waals surface area contributed by atoms with Crippen molar-refractivity contribution in [3.63, 3.8) is 0 Å². The maximum Gasteiger partial charge on any atom is 0.313 e. The lowest BCUT2D eigenvalue weighted by Crippen LogP contribution is -2.35. The minimum atomic E-state index is -3.78. The summed E-state index contributed by atoms with van der Waals surface area (Å²) in [6, 6.07) is 10.2. The number of carbonyl (C=O) groups is 2. The molecule has 0 unspecified atom stereocenters. The molecule has 4 N–H and O–H groups in total. The Morgan fingerprint density at radius 3 is 2.35 bits per heavy atom. The van der Waals surface area contributed by atoms with E-state index in [2.05, 4.69) is 10.6 Å². The van der Waals surface area contributed by atoms with Crippen molar-refractivity contribution in [2.24, 2.45) is 5.14 Å². The molecule has 26 heavy (non-hydrogen) atoms. The van der Waals surface area contributed by atoms with Crippen LogP contribution in [0.15, 0.2) is 47.4 Å². The Hall–Kier alpha value is -2.62. The molecule has 0 aromatic heterocycles. The second-order valence-electron chi connectivity index (χ2n) is 5.17. The van der Waals surface area contributed by atoms with Gasteiger partial charge in [0.15, 0.2) is 0 Å². The maximum absolute atomic E-state index is 12.0. The van der Waals surface area contributed by atoms with Crippen LogP contribution in [-0.2, 0) is 26.2 Å². The molecular formula is C16H16ClN3O5S. The van der Waals surface area contributed by atoms with Gasteiger partial charge in [0.1, 0.15) is 5.75 Å². The van der Waals surface area contributed by atoms with Crippen LogP contribution in [0.5, 0.6) is 5.75 Å². The molecule has 2 aromatic carbocycles. The second kappa shape index (κ2) is 8.17. The van der Waals surface area contributed by atoms with E-state index in [1.54, 1.807) is 12.1 Å². The summed E-state index contributed by atoms with van der Waals surface area (Å²) in [4.78, 5) is 23.9. The van der Waals surface area contributed by atoms with Gasteiger partial charge in [0.25, 0.3) is 0 Å². The highest BCUT2D eigenvalue weighted by Crippen LogP contribution is 2.27. The molecule has 2 rings (SSSR count). The monoisotopic (exact) mass is 397 g/mol. The van der Waals surface area contributed by atoms with Crippen molar-refractivity contribution in [1.29, 1.82) is 0 Å². The van der Waals surface area contributed by atoms with Gasteiger partial charge in [-0.25, -0.2) is 13.6 Å². The van der Waals surface area contributed by atoms with Crippen molar-refractivity contribution in [1.82, 2.24) is 5.32 Å². The minimum absolute atomic E-state index is 0.0316. The second-order valence-corrected chi connectivity index (χ2v) is 7.17. The number of benzene rings is 2. The molecule has 138 valence electrons. The molecule has 0 aliphatic heterocycles. The van der Waals surface area contributed by atoms with Crippen LogP contribution in [0.4, 0.5) is 5.69 Å². The summed E-state index contributed by atoms with van der Waals surface area (Å²) >= 11 is 5.86. The zero-order chi connectivity index (χ0) is 19.3. The van der Waals surface area contributed by atoms with Crippen molar-refractivity contribution < 1.29 is 22.7 Å². The first-order chi connectivity index (χ1) is 12.2. The number of carbonyl (C=O) groups excluding carboxylic acids is 2. The number of anilines is 1. The topological polar surface area (TPSA) is 128 Å². The lowest BCUT2D eigenvalue weighted by molar-refractivity contribution is -0.136. The Kier molecular flexibility index (Phi) is 6.19. The van der Waals surface area contributed by atoms with E-state index in [4.69, 9.17) is 21.5 Å². The van der Waals surface area contributed by atoms with Crippen LogP contribution in [0.3, 0.4) is 0 Å². The van der Waals surface area contributed by atoms with Gasteiger partial charge in [-0.2, -0.15) is 0 Å². The van der Waals surface area contributed by atoms with Crippen LogP contribution in [0.25, 0.3) is 0 Å². The van der Waals surface area contributed by atoms with Gasteiger partial charge >= 0.3 is 11.8 Å². The molecular weight excluding hydrogens is 382 g/mol. The van der Waals surface area contributed by atoms with Crippen molar-refractivity contribution in [3.05, 3.63) is 53.1 Å². The Labute approximate surface area is 155 Å². The van der Waals surface area contributed by atoms with E-state index < -0.39 is 21.8 Å². The molecule has 0 spiro atoms. The summed E-state index contributed by atoms with van der Waals surface area (Å²) in [6.45, 7) is 0.0316. The van der Waals surface area contributed by atoms with Gasteiger partial charge in [-0.15, -0.1) is 0 Å². The summed E-state index contributed by atoms with van der Waals surface area (Å²) < 4.78 is 27.5. The molecule has 0 aliphatic carbocycles. The third kappa shape index (κ3) is 5.19. The van der Waals surface area contributed by atoms with Crippen molar-refractivity contribution in [2.75, 3.05) is 12.4 Å². The van der Waals surface area contributed by atoms with E-state index in [0.717, 1.165) is 0 Å². The Bertz CT molecular complexity index is 929. The number of halogens is 1. The van der Waals surface area contributed by atoms with Crippen molar-refractivity contribution in [3.8, 4) is 5.75 Å². The zero-order valence-electron chi connectivity index (χ0n) is 13.7. The summed E-state index contributed by atoms with van der Waals surface area (Å²) in [6.07, 6.45) is 0.